The van der Waals surface area contributed by atoms with Crippen molar-refractivity contribution < 1.29 is 27.1 Å². The number of carbonyl (C=O) groups is 1. The highest BCUT2D eigenvalue weighted by Gasteiger charge is 2.51. The van der Waals surface area contributed by atoms with Gasteiger partial charge < -0.3 is 4.74 Å². The van der Waals surface area contributed by atoms with Gasteiger partial charge in [-0.05, 0) is 17.8 Å². The molecule has 2 atom stereocenters. The van der Waals surface area contributed by atoms with Crippen LogP contribution in [0.5, 0.6) is 0 Å². The zero-order chi connectivity index (χ0) is 19.1. The fourth-order valence-electron chi connectivity index (χ4n) is 2.82. The third-order valence-corrected chi connectivity index (χ3v) is 5.20. The van der Waals surface area contributed by atoms with Crippen molar-refractivity contribution in [2.24, 2.45) is 17.3 Å². The average Bonchev–Trinajstić information content (AvgIpc) is 2.54. The van der Waals surface area contributed by atoms with Crippen LogP contribution in [0.25, 0.3) is 0 Å². The molecule has 0 radical (unpaired) electrons. The van der Waals surface area contributed by atoms with E-state index in [9.17, 15) is 22.4 Å². The molecule has 1 saturated carbocycles. The molecule has 2 unspecified atom stereocenters. The molecule has 9 heteroatoms. The molecule has 1 aliphatic carbocycles. The Labute approximate surface area is 156 Å². The van der Waals surface area contributed by atoms with E-state index >= 15 is 0 Å². The van der Waals surface area contributed by atoms with E-state index < -0.39 is 57.8 Å². The lowest BCUT2D eigenvalue weighted by Gasteiger charge is -2.49. The molecule has 0 spiro atoms. The smallest absolute Gasteiger partial charge is 0.309 e. The van der Waals surface area contributed by atoms with E-state index in [0.717, 1.165) is 0 Å². The van der Waals surface area contributed by atoms with E-state index in [0.29, 0.717) is 6.42 Å². The lowest BCUT2D eigenvalue weighted by atomic mass is 9.55. The van der Waals surface area contributed by atoms with Crippen LogP contribution in [0.3, 0.4) is 0 Å². The van der Waals surface area contributed by atoms with Gasteiger partial charge in [0.2, 0.25) is 0 Å². The minimum Gasteiger partial charge on any atom is -0.460 e. The Morgan fingerprint density at radius 2 is 1.76 bits per heavy atom. The van der Waals surface area contributed by atoms with Crippen molar-refractivity contribution in [1.82, 2.24) is 0 Å². The maximum atomic E-state index is 13.8. The van der Waals surface area contributed by atoms with Crippen LogP contribution in [0.15, 0.2) is 10.6 Å². The quantitative estimate of drug-likeness (QED) is 0.262. The van der Waals surface area contributed by atoms with Gasteiger partial charge in [-0.25, -0.2) is 17.6 Å². The summed E-state index contributed by atoms with van der Waals surface area (Å²) in [5, 5.41) is -1.20. The third-order valence-electron chi connectivity index (χ3n) is 4.61. The van der Waals surface area contributed by atoms with Crippen molar-refractivity contribution in [1.29, 1.82) is 0 Å². The van der Waals surface area contributed by atoms with Gasteiger partial charge in [-0.15, -0.1) is 0 Å². The van der Waals surface area contributed by atoms with Gasteiger partial charge in [0, 0.05) is 0 Å². The summed E-state index contributed by atoms with van der Waals surface area (Å²) in [6, 6.07) is 0. The van der Waals surface area contributed by atoms with E-state index in [1.807, 2.05) is 0 Å². The number of hydrogen-bond donors (Lipinski definition) is 0. The highest BCUT2D eigenvalue weighted by molar-refractivity contribution is 6.55. The second kappa shape index (κ2) is 7.33. The number of allylic oxidation sites excluding steroid dienone is 1. The summed E-state index contributed by atoms with van der Waals surface area (Å²) in [6.45, 7) is 2.67. The van der Waals surface area contributed by atoms with Gasteiger partial charge >= 0.3 is 5.97 Å². The summed E-state index contributed by atoms with van der Waals surface area (Å²) in [4.78, 5) is 12.2. The molecule has 0 aromatic heterocycles. The zero-order valence-corrected chi connectivity index (χ0v) is 15.4. The van der Waals surface area contributed by atoms with Crippen LogP contribution in [0.4, 0.5) is 17.6 Å². The first-order valence-corrected chi connectivity index (χ1v) is 8.31. The Hall–Kier alpha value is -0.980. The number of benzene rings is 1. The van der Waals surface area contributed by atoms with Crippen molar-refractivity contribution in [3.8, 4) is 0 Å². The largest absolute Gasteiger partial charge is 0.460 e. The van der Waals surface area contributed by atoms with Crippen LogP contribution < -0.4 is 0 Å². The number of rotatable bonds is 4. The first-order chi connectivity index (χ1) is 11.5. The summed E-state index contributed by atoms with van der Waals surface area (Å²) in [5.41, 5.74) is -1.48. The van der Waals surface area contributed by atoms with Crippen LogP contribution in [0.2, 0.25) is 5.02 Å². The molecule has 0 bridgehead atoms. The van der Waals surface area contributed by atoms with Gasteiger partial charge in [0.15, 0.2) is 23.3 Å². The monoisotopic (exact) mass is 418 g/mol. The lowest BCUT2D eigenvalue weighted by Crippen LogP contribution is -2.48. The summed E-state index contributed by atoms with van der Waals surface area (Å²) >= 11 is 16.5. The van der Waals surface area contributed by atoms with E-state index in [4.69, 9.17) is 39.5 Å². The predicted molar refractivity (Wildman–Crippen MR) is 86.2 cm³/mol. The van der Waals surface area contributed by atoms with Crippen LogP contribution in [-0.2, 0) is 16.1 Å². The number of halogens is 7. The van der Waals surface area contributed by atoms with E-state index in [-0.39, 0.29) is 10.4 Å². The number of carbonyl (C=O) groups excluding carboxylic acids is 1. The van der Waals surface area contributed by atoms with Crippen molar-refractivity contribution in [2.75, 3.05) is 0 Å². The molecule has 1 aromatic carbocycles. The molecule has 25 heavy (non-hydrogen) atoms. The van der Waals surface area contributed by atoms with Gasteiger partial charge in [0.25, 0.3) is 0 Å². The predicted octanol–water partition coefficient (Wildman–Crippen LogP) is 5.92. The van der Waals surface area contributed by atoms with E-state index in [2.05, 4.69) is 0 Å². The highest BCUT2D eigenvalue weighted by atomic mass is 35.5. The van der Waals surface area contributed by atoms with Gasteiger partial charge in [-0.1, -0.05) is 54.7 Å². The maximum absolute atomic E-state index is 13.8. The molecule has 138 valence electrons. The fourth-order valence-corrected chi connectivity index (χ4v) is 3.32. The standard InChI is InChI=1S/C16H13Cl3F4O2/c1-16(2)6(4-9(17)18)3-8(16)15(24)25-5-7-11(20)10(19)13(22)14(23)12(7)21/h4,6,8H,3,5H2,1-2H3. The second-order valence-corrected chi connectivity index (χ2v) is 7.71. The summed E-state index contributed by atoms with van der Waals surface area (Å²) in [5.74, 6) is -8.40. The molecule has 0 amide bonds. The zero-order valence-electron chi connectivity index (χ0n) is 13.1. The topological polar surface area (TPSA) is 26.3 Å². The molecule has 0 saturated heterocycles. The summed E-state index contributed by atoms with van der Waals surface area (Å²) in [7, 11) is 0. The summed E-state index contributed by atoms with van der Waals surface area (Å²) in [6.07, 6.45) is 1.99. The second-order valence-electron chi connectivity index (χ2n) is 6.33. The first-order valence-electron chi connectivity index (χ1n) is 7.18. The molecule has 0 N–H and O–H groups in total. The average molecular weight is 420 g/mol. The van der Waals surface area contributed by atoms with Crippen molar-refractivity contribution in [3.05, 3.63) is 44.4 Å². The van der Waals surface area contributed by atoms with Crippen LogP contribution in [-0.4, -0.2) is 5.97 Å². The minimum absolute atomic E-state index is 0.0683. The van der Waals surface area contributed by atoms with Crippen molar-refractivity contribution >= 4 is 40.8 Å². The highest BCUT2D eigenvalue weighted by Crippen LogP contribution is 2.53. The molecular formula is C16H13Cl3F4O2. The van der Waals surface area contributed by atoms with E-state index in [1.165, 1.54) is 0 Å². The third kappa shape index (κ3) is 3.76. The molecule has 1 aromatic rings. The van der Waals surface area contributed by atoms with Gasteiger partial charge in [-0.2, -0.15) is 0 Å². The Balaban J connectivity index is 2.11. The SMILES string of the molecule is CC1(C)C(C=C(Cl)Cl)CC1C(=O)OCc1c(F)c(F)c(F)c(Cl)c1F. The Morgan fingerprint density at radius 3 is 2.28 bits per heavy atom. The van der Waals surface area contributed by atoms with E-state index in [1.54, 1.807) is 19.9 Å². The lowest BCUT2D eigenvalue weighted by molar-refractivity contribution is -0.164. The molecule has 0 heterocycles. The normalized spacial score (nSPS) is 21.5. The Kier molecular flexibility index (Phi) is 5.96. The number of hydrogen-bond acceptors (Lipinski definition) is 2. The fraction of sp³-hybridized carbons (Fsp3) is 0.438. The molecule has 1 aliphatic rings. The Bertz CT molecular complexity index is 716. The molecule has 0 aliphatic heterocycles. The molecule has 2 rings (SSSR count). The maximum Gasteiger partial charge on any atom is 0.309 e. The Morgan fingerprint density at radius 1 is 1.16 bits per heavy atom. The van der Waals surface area contributed by atoms with Crippen molar-refractivity contribution in [2.45, 2.75) is 26.9 Å². The van der Waals surface area contributed by atoms with Crippen LogP contribution >= 0.6 is 34.8 Å². The molecule has 1 fully saturated rings. The van der Waals surface area contributed by atoms with Gasteiger partial charge in [0.05, 0.1) is 11.5 Å². The summed E-state index contributed by atoms with van der Waals surface area (Å²) < 4.78 is 58.9. The van der Waals surface area contributed by atoms with Gasteiger partial charge in [0.1, 0.15) is 16.1 Å². The minimum atomic E-state index is -1.93. The number of esters is 1. The molecular weight excluding hydrogens is 407 g/mol. The van der Waals surface area contributed by atoms with Gasteiger partial charge in [-0.3, -0.25) is 4.79 Å². The molecule has 2 nitrogen and oxygen atoms in total. The van der Waals surface area contributed by atoms with Crippen molar-refractivity contribution in [3.63, 3.8) is 0 Å². The number of ether oxygens (including phenoxy) is 1. The first kappa shape index (κ1) is 20.3. The van der Waals surface area contributed by atoms with Crippen LogP contribution in [0.1, 0.15) is 25.8 Å². The van der Waals surface area contributed by atoms with Crippen LogP contribution in [0, 0.1) is 40.5 Å².